The summed E-state index contributed by atoms with van der Waals surface area (Å²) in [6.07, 6.45) is 1.15. The highest BCUT2D eigenvalue weighted by Gasteiger charge is 2.35. The zero-order valence-corrected chi connectivity index (χ0v) is 24.1. The van der Waals surface area contributed by atoms with E-state index in [9.17, 15) is 9.90 Å². The highest BCUT2D eigenvalue weighted by molar-refractivity contribution is 6.30. The number of hydrogen-bond donors (Lipinski definition) is 4. The molecule has 1 amide bonds. The molecule has 4 N–H and O–H groups in total. The second-order valence-electron chi connectivity index (χ2n) is 10.2. The summed E-state index contributed by atoms with van der Waals surface area (Å²) in [6, 6.07) is 7.87. The van der Waals surface area contributed by atoms with Crippen LogP contribution >= 0.6 is 24.0 Å². The van der Waals surface area contributed by atoms with Crippen LogP contribution in [0.1, 0.15) is 68.9 Å². The quantitative estimate of drug-likeness (QED) is 0.401. The number of nitrogens with zero attached hydrogens (tertiary/aromatic N) is 4. The molecule has 2 aromatic rings. The van der Waals surface area contributed by atoms with Gasteiger partial charge in [-0.25, -0.2) is 9.97 Å². The minimum absolute atomic E-state index is 0. The molecular weight excluding hydrogens is 529 g/mol. The summed E-state index contributed by atoms with van der Waals surface area (Å²) in [4.78, 5) is 26.5. The smallest absolute Gasteiger partial charge is 0.231 e. The molecule has 11 heteroatoms. The van der Waals surface area contributed by atoms with Gasteiger partial charge in [-0.1, -0.05) is 44.5 Å². The van der Waals surface area contributed by atoms with Crippen molar-refractivity contribution >= 4 is 35.7 Å². The molecule has 1 aromatic carbocycles. The van der Waals surface area contributed by atoms with Gasteiger partial charge < -0.3 is 30.4 Å². The highest BCUT2D eigenvalue weighted by Crippen LogP contribution is 2.42. The van der Waals surface area contributed by atoms with Crippen molar-refractivity contribution in [3.8, 4) is 0 Å². The lowest BCUT2D eigenvalue weighted by atomic mass is 9.96. The van der Waals surface area contributed by atoms with Crippen LogP contribution in [-0.2, 0) is 4.79 Å². The lowest BCUT2D eigenvalue weighted by molar-refractivity contribution is -0.133. The Morgan fingerprint density at radius 1 is 1.13 bits per heavy atom. The largest absolute Gasteiger partial charge is 0.394 e. The van der Waals surface area contributed by atoms with E-state index in [-0.39, 0.29) is 36.8 Å². The first-order valence-corrected chi connectivity index (χ1v) is 13.3. The summed E-state index contributed by atoms with van der Waals surface area (Å²) >= 11 is 6.06. The van der Waals surface area contributed by atoms with Gasteiger partial charge in [-0.3, -0.25) is 4.79 Å². The molecular formula is C27H41Cl2N5O4. The topological polar surface area (TPSA) is 122 Å². The molecule has 1 aliphatic carbocycles. The number of carbonyl (C=O) groups is 1. The SMILES string of the molecule is CC(C)NC[C@@H](C(=O)N1CCN(c2ncnc3c2[C@H](C)C[C@H]3O)CC1)c1ccc(Cl)cc1.CC(O)CO.Cl. The molecule has 4 atom stereocenters. The predicted octanol–water partition coefficient (Wildman–Crippen LogP) is 2.88. The van der Waals surface area contributed by atoms with Crippen molar-refractivity contribution in [3.63, 3.8) is 0 Å². The fourth-order valence-corrected chi connectivity index (χ4v) is 4.84. The molecule has 1 aromatic heterocycles. The normalized spacial score (nSPS) is 20.2. The summed E-state index contributed by atoms with van der Waals surface area (Å²) in [5.74, 6) is 1.02. The number of piperazine rings is 1. The number of aliphatic hydroxyl groups excluding tert-OH is 3. The monoisotopic (exact) mass is 569 g/mol. The number of nitrogens with one attached hydrogen (secondary N) is 1. The Balaban J connectivity index is 0.000000774. The van der Waals surface area contributed by atoms with Crippen LogP contribution in [0.25, 0.3) is 0 Å². The summed E-state index contributed by atoms with van der Waals surface area (Å²) in [7, 11) is 0. The first kappa shape index (κ1) is 32.2. The molecule has 1 fully saturated rings. The molecule has 2 aliphatic rings. The minimum Gasteiger partial charge on any atom is -0.394 e. The third kappa shape index (κ3) is 8.24. The van der Waals surface area contributed by atoms with Crippen molar-refractivity contribution in [2.75, 3.05) is 44.2 Å². The summed E-state index contributed by atoms with van der Waals surface area (Å²) in [5, 5.41) is 30.4. The number of benzene rings is 1. The van der Waals surface area contributed by atoms with Crippen LogP contribution in [0.15, 0.2) is 30.6 Å². The van der Waals surface area contributed by atoms with E-state index in [1.165, 1.54) is 6.92 Å². The zero-order chi connectivity index (χ0) is 27.1. The Bertz CT molecular complexity index is 1020. The molecule has 1 aliphatic heterocycles. The maximum Gasteiger partial charge on any atom is 0.231 e. The second-order valence-corrected chi connectivity index (χ2v) is 10.6. The van der Waals surface area contributed by atoms with Crippen LogP contribution in [0.3, 0.4) is 0 Å². The zero-order valence-electron chi connectivity index (χ0n) is 22.5. The molecule has 0 spiro atoms. The second kappa shape index (κ2) is 15.0. The van der Waals surface area contributed by atoms with Crippen molar-refractivity contribution in [1.29, 1.82) is 0 Å². The van der Waals surface area contributed by atoms with Gasteiger partial charge in [0.05, 0.1) is 30.4 Å². The summed E-state index contributed by atoms with van der Waals surface area (Å²) < 4.78 is 0. The minimum atomic E-state index is -0.560. The van der Waals surface area contributed by atoms with Gasteiger partial charge in [-0.15, -0.1) is 12.4 Å². The fourth-order valence-electron chi connectivity index (χ4n) is 4.71. The van der Waals surface area contributed by atoms with Gasteiger partial charge in [-0.2, -0.15) is 0 Å². The number of fused-ring (bicyclic) bond motifs is 1. The number of anilines is 1. The Hall–Kier alpha value is -2.01. The molecule has 0 saturated carbocycles. The summed E-state index contributed by atoms with van der Waals surface area (Å²) in [6.45, 7) is 11.0. The van der Waals surface area contributed by atoms with Crippen LogP contribution in [0.5, 0.6) is 0 Å². The first-order valence-electron chi connectivity index (χ1n) is 13.0. The third-order valence-electron chi connectivity index (χ3n) is 6.73. The molecule has 9 nitrogen and oxygen atoms in total. The van der Waals surface area contributed by atoms with Gasteiger partial charge in [0.2, 0.25) is 5.91 Å². The van der Waals surface area contributed by atoms with Gasteiger partial charge in [0.25, 0.3) is 0 Å². The van der Waals surface area contributed by atoms with Gasteiger partial charge in [-0.05, 0) is 37.0 Å². The van der Waals surface area contributed by atoms with E-state index < -0.39 is 12.2 Å². The number of rotatable bonds is 7. The lowest BCUT2D eigenvalue weighted by Gasteiger charge is -2.38. The fraction of sp³-hybridized carbons (Fsp3) is 0.593. The molecule has 1 saturated heterocycles. The van der Waals surface area contributed by atoms with Gasteiger partial charge >= 0.3 is 0 Å². The van der Waals surface area contributed by atoms with Crippen LogP contribution in [0.4, 0.5) is 5.82 Å². The number of hydrogen-bond acceptors (Lipinski definition) is 8. The highest BCUT2D eigenvalue weighted by atomic mass is 35.5. The van der Waals surface area contributed by atoms with Crippen molar-refractivity contribution in [2.45, 2.75) is 64.2 Å². The molecule has 212 valence electrons. The van der Waals surface area contributed by atoms with Crippen LogP contribution in [-0.4, -0.2) is 87.6 Å². The molecule has 1 unspecified atom stereocenters. The Morgan fingerprint density at radius 3 is 2.29 bits per heavy atom. The first-order chi connectivity index (χ1) is 17.6. The number of aliphatic hydroxyl groups is 3. The van der Waals surface area contributed by atoms with E-state index in [2.05, 4.69) is 41.0 Å². The van der Waals surface area contributed by atoms with E-state index in [4.69, 9.17) is 21.8 Å². The third-order valence-corrected chi connectivity index (χ3v) is 6.99. The van der Waals surface area contributed by atoms with Crippen molar-refractivity contribution in [2.24, 2.45) is 0 Å². The van der Waals surface area contributed by atoms with Gasteiger partial charge in [0.15, 0.2) is 0 Å². The Kier molecular flexibility index (Phi) is 12.7. The number of carbonyl (C=O) groups excluding carboxylic acids is 1. The van der Waals surface area contributed by atoms with E-state index >= 15 is 0 Å². The van der Waals surface area contributed by atoms with Gasteiger partial charge in [0, 0.05) is 49.4 Å². The van der Waals surface area contributed by atoms with E-state index in [1.54, 1.807) is 6.33 Å². The summed E-state index contributed by atoms with van der Waals surface area (Å²) in [5.41, 5.74) is 2.79. The Morgan fingerprint density at radius 2 is 1.74 bits per heavy atom. The molecule has 4 rings (SSSR count). The number of halogens is 2. The van der Waals surface area contributed by atoms with E-state index in [1.807, 2.05) is 29.2 Å². The predicted molar refractivity (Wildman–Crippen MR) is 152 cm³/mol. The average molecular weight is 571 g/mol. The number of amides is 1. The Labute approximate surface area is 236 Å². The van der Waals surface area contributed by atoms with Crippen molar-refractivity contribution < 1.29 is 20.1 Å². The standard InChI is InChI=1S/C24H32ClN5O2.C3H8O2.ClH/c1-15(2)26-13-19(17-4-6-18(25)7-5-17)24(32)30-10-8-29(9-11-30)23-21-16(3)12-20(31)22(21)27-14-28-23;1-3(5)2-4;/h4-7,14-16,19-20,26,31H,8-13H2,1-3H3;3-5H,2H2,1H3;1H/t16-,19-,20-;;/m1../s1. The van der Waals surface area contributed by atoms with Crippen LogP contribution in [0, 0.1) is 0 Å². The maximum atomic E-state index is 13.5. The lowest BCUT2D eigenvalue weighted by Crippen LogP contribution is -2.51. The molecule has 2 heterocycles. The molecule has 0 radical (unpaired) electrons. The molecule has 38 heavy (non-hydrogen) atoms. The van der Waals surface area contributed by atoms with E-state index in [0.717, 1.165) is 22.6 Å². The van der Waals surface area contributed by atoms with E-state index in [0.29, 0.717) is 50.2 Å². The maximum absolute atomic E-state index is 13.5. The molecule has 0 bridgehead atoms. The number of aromatic nitrogens is 2. The van der Waals surface area contributed by atoms with Crippen LogP contribution in [0.2, 0.25) is 5.02 Å². The van der Waals surface area contributed by atoms with Crippen molar-refractivity contribution in [3.05, 3.63) is 52.4 Å². The van der Waals surface area contributed by atoms with Crippen molar-refractivity contribution in [1.82, 2.24) is 20.2 Å². The van der Waals surface area contributed by atoms with Crippen LogP contribution < -0.4 is 10.2 Å². The van der Waals surface area contributed by atoms with Gasteiger partial charge in [0.1, 0.15) is 12.1 Å². The average Bonchev–Trinajstić information content (AvgIpc) is 3.18.